The van der Waals surface area contributed by atoms with Gasteiger partial charge in [0.15, 0.2) is 0 Å². The lowest BCUT2D eigenvalue weighted by Gasteiger charge is -1.96. The summed E-state index contributed by atoms with van der Waals surface area (Å²) in [4.78, 5) is 21.6. The summed E-state index contributed by atoms with van der Waals surface area (Å²) in [5.41, 5.74) is 5.70. The molecule has 1 aromatic heterocycles. The first-order valence-corrected chi connectivity index (χ1v) is 4.97. The average Bonchev–Trinajstić information content (AvgIpc) is 2.59. The van der Waals surface area contributed by atoms with Crippen molar-refractivity contribution >= 4 is 29.4 Å². The fourth-order valence-electron chi connectivity index (χ4n) is 0.920. The molecule has 2 amide bonds. The van der Waals surface area contributed by atoms with Crippen LogP contribution in [-0.2, 0) is 11.3 Å². The number of carbonyl (C=O) groups excluding carboxylic acids is 1. The summed E-state index contributed by atoms with van der Waals surface area (Å²) in [7, 11) is 0. The third-order valence-corrected chi connectivity index (χ3v) is 2.48. The molecule has 0 atom stereocenters. The van der Waals surface area contributed by atoms with E-state index in [1.54, 1.807) is 11.4 Å². The summed E-state index contributed by atoms with van der Waals surface area (Å²) in [5, 5.41) is 12.7. The fourth-order valence-corrected chi connectivity index (χ4v) is 1.71. The van der Waals surface area contributed by atoms with Crippen molar-refractivity contribution < 1.29 is 14.7 Å². The molecular weight excluding hydrogens is 216 g/mol. The average molecular weight is 226 g/mol. The van der Waals surface area contributed by atoms with Crippen LogP contribution in [0.4, 0.5) is 4.79 Å². The van der Waals surface area contributed by atoms with Crippen molar-refractivity contribution in [3.8, 4) is 0 Å². The van der Waals surface area contributed by atoms with Crippen molar-refractivity contribution in [3.05, 3.63) is 28.0 Å². The van der Waals surface area contributed by atoms with Crippen LogP contribution in [0.25, 0.3) is 6.08 Å². The van der Waals surface area contributed by atoms with Gasteiger partial charge in [-0.25, -0.2) is 9.59 Å². The van der Waals surface area contributed by atoms with E-state index in [0.29, 0.717) is 6.54 Å². The zero-order valence-corrected chi connectivity index (χ0v) is 8.58. The zero-order valence-electron chi connectivity index (χ0n) is 7.77. The predicted molar refractivity (Wildman–Crippen MR) is 57.4 cm³/mol. The van der Waals surface area contributed by atoms with E-state index in [0.717, 1.165) is 16.5 Å². The monoisotopic (exact) mass is 226 g/mol. The summed E-state index contributed by atoms with van der Waals surface area (Å²) >= 11 is 1.43. The summed E-state index contributed by atoms with van der Waals surface area (Å²) in [6.45, 7) is 0.362. The Morgan fingerprint density at radius 1 is 1.60 bits per heavy atom. The highest BCUT2D eigenvalue weighted by molar-refractivity contribution is 7.10. The lowest BCUT2D eigenvalue weighted by atomic mass is 10.3. The summed E-state index contributed by atoms with van der Waals surface area (Å²) in [5.74, 6) is -0.988. The fraction of sp³-hybridized carbons (Fsp3) is 0.111. The van der Waals surface area contributed by atoms with Crippen LogP contribution in [0, 0.1) is 0 Å². The Bertz CT molecular complexity index is 398. The number of thiophene rings is 1. The Balaban J connectivity index is 2.56. The number of urea groups is 1. The number of rotatable bonds is 4. The zero-order chi connectivity index (χ0) is 11.3. The van der Waals surface area contributed by atoms with Gasteiger partial charge in [0.2, 0.25) is 0 Å². The van der Waals surface area contributed by atoms with Gasteiger partial charge in [-0.05, 0) is 23.1 Å². The van der Waals surface area contributed by atoms with Gasteiger partial charge in [-0.1, -0.05) is 0 Å². The number of amides is 2. The predicted octanol–water partition coefficient (Wildman–Crippen LogP) is 1.01. The molecule has 80 valence electrons. The minimum absolute atomic E-state index is 0.362. The third kappa shape index (κ3) is 4.28. The Morgan fingerprint density at radius 3 is 2.93 bits per heavy atom. The summed E-state index contributed by atoms with van der Waals surface area (Å²) < 4.78 is 0. The van der Waals surface area contributed by atoms with E-state index in [2.05, 4.69) is 5.32 Å². The number of primary amides is 1. The second-order valence-corrected chi connectivity index (χ2v) is 3.73. The SMILES string of the molecule is NC(=O)NCc1cc(C=CC(=O)O)cs1. The molecule has 0 aliphatic heterocycles. The summed E-state index contributed by atoms with van der Waals surface area (Å²) in [6, 6.07) is 1.21. The number of carboxylic acid groups (broad SMARTS) is 1. The third-order valence-electron chi connectivity index (χ3n) is 1.53. The Hall–Kier alpha value is -1.82. The standard InChI is InChI=1S/C9H10N2O3S/c10-9(14)11-4-7-3-6(5-15-7)1-2-8(12)13/h1-3,5H,4H2,(H,12,13)(H3,10,11,14). The van der Waals surface area contributed by atoms with Crippen molar-refractivity contribution in [1.82, 2.24) is 5.32 Å². The second-order valence-electron chi connectivity index (χ2n) is 2.74. The van der Waals surface area contributed by atoms with Crippen molar-refractivity contribution in [1.29, 1.82) is 0 Å². The number of nitrogens with two attached hydrogens (primary N) is 1. The van der Waals surface area contributed by atoms with E-state index < -0.39 is 12.0 Å². The molecule has 6 heteroatoms. The summed E-state index contributed by atoms with van der Waals surface area (Å²) in [6.07, 6.45) is 2.56. The highest BCUT2D eigenvalue weighted by atomic mass is 32.1. The van der Waals surface area contributed by atoms with Crippen LogP contribution in [0.1, 0.15) is 10.4 Å². The van der Waals surface area contributed by atoms with Gasteiger partial charge in [0.05, 0.1) is 6.54 Å². The molecule has 1 rings (SSSR count). The first kappa shape index (κ1) is 11.3. The molecule has 1 heterocycles. The van der Waals surface area contributed by atoms with Gasteiger partial charge in [-0.2, -0.15) is 0 Å². The lowest BCUT2D eigenvalue weighted by molar-refractivity contribution is -0.131. The van der Waals surface area contributed by atoms with Crippen LogP contribution in [0.3, 0.4) is 0 Å². The molecule has 0 unspecified atom stereocenters. The molecular formula is C9H10N2O3S. The quantitative estimate of drug-likeness (QED) is 0.669. The molecule has 0 fully saturated rings. The molecule has 0 saturated heterocycles. The smallest absolute Gasteiger partial charge is 0.328 e. The van der Waals surface area contributed by atoms with Crippen LogP contribution in [0.15, 0.2) is 17.5 Å². The van der Waals surface area contributed by atoms with Gasteiger partial charge < -0.3 is 16.2 Å². The molecule has 0 aliphatic carbocycles. The molecule has 0 saturated carbocycles. The molecule has 4 N–H and O–H groups in total. The molecule has 5 nitrogen and oxygen atoms in total. The van der Waals surface area contributed by atoms with Crippen LogP contribution in [0.2, 0.25) is 0 Å². The maximum Gasteiger partial charge on any atom is 0.328 e. The second kappa shape index (κ2) is 5.16. The number of carbonyl (C=O) groups is 2. The van der Waals surface area contributed by atoms with Gasteiger partial charge in [-0.3, -0.25) is 0 Å². The van der Waals surface area contributed by atoms with Crippen molar-refractivity contribution in [2.45, 2.75) is 6.54 Å². The molecule has 15 heavy (non-hydrogen) atoms. The van der Waals surface area contributed by atoms with Crippen molar-refractivity contribution in [2.75, 3.05) is 0 Å². The van der Waals surface area contributed by atoms with E-state index in [-0.39, 0.29) is 0 Å². The van der Waals surface area contributed by atoms with E-state index in [9.17, 15) is 9.59 Å². The van der Waals surface area contributed by atoms with Crippen LogP contribution in [0.5, 0.6) is 0 Å². The molecule has 0 aromatic carbocycles. The molecule has 0 aliphatic rings. The van der Waals surface area contributed by atoms with Crippen molar-refractivity contribution in [3.63, 3.8) is 0 Å². The van der Waals surface area contributed by atoms with Crippen LogP contribution in [-0.4, -0.2) is 17.1 Å². The first-order chi connectivity index (χ1) is 7.08. The normalized spacial score (nSPS) is 10.4. The molecule has 1 aromatic rings. The van der Waals surface area contributed by atoms with E-state index >= 15 is 0 Å². The topological polar surface area (TPSA) is 92.4 Å². The Kier molecular flexibility index (Phi) is 3.87. The van der Waals surface area contributed by atoms with Gasteiger partial charge in [0.25, 0.3) is 0 Å². The van der Waals surface area contributed by atoms with Crippen LogP contribution >= 0.6 is 11.3 Å². The minimum Gasteiger partial charge on any atom is -0.478 e. The van der Waals surface area contributed by atoms with Crippen LogP contribution < -0.4 is 11.1 Å². The highest BCUT2D eigenvalue weighted by Crippen LogP contribution is 2.15. The largest absolute Gasteiger partial charge is 0.478 e. The number of nitrogens with one attached hydrogen (secondary N) is 1. The first-order valence-electron chi connectivity index (χ1n) is 4.09. The lowest BCUT2D eigenvalue weighted by Crippen LogP contribution is -2.28. The number of aliphatic carboxylic acids is 1. The number of hydrogen-bond acceptors (Lipinski definition) is 3. The van der Waals surface area contributed by atoms with E-state index in [1.165, 1.54) is 17.4 Å². The van der Waals surface area contributed by atoms with Gasteiger partial charge in [0, 0.05) is 11.0 Å². The van der Waals surface area contributed by atoms with E-state index in [1.807, 2.05) is 0 Å². The maximum absolute atomic E-state index is 10.4. The molecule has 0 radical (unpaired) electrons. The maximum atomic E-state index is 10.4. The minimum atomic E-state index is -0.988. The van der Waals surface area contributed by atoms with Crippen molar-refractivity contribution in [2.24, 2.45) is 5.73 Å². The molecule has 0 spiro atoms. The molecule has 0 bridgehead atoms. The van der Waals surface area contributed by atoms with E-state index in [4.69, 9.17) is 10.8 Å². The van der Waals surface area contributed by atoms with Gasteiger partial charge in [-0.15, -0.1) is 11.3 Å². The number of carboxylic acids is 1. The highest BCUT2D eigenvalue weighted by Gasteiger charge is 1.99. The Morgan fingerprint density at radius 2 is 2.33 bits per heavy atom. The van der Waals surface area contributed by atoms with Gasteiger partial charge in [0.1, 0.15) is 0 Å². The van der Waals surface area contributed by atoms with Gasteiger partial charge >= 0.3 is 12.0 Å². The number of hydrogen-bond donors (Lipinski definition) is 3. The Labute approximate surface area is 90.2 Å².